The van der Waals surface area contributed by atoms with E-state index in [1.165, 1.54) is 31.1 Å². The Morgan fingerprint density at radius 1 is 1.31 bits per heavy atom. The van der Waals surface area contributed by atoms with Crippen LogP contribution >= 0.6 is 24.4 Å². The summed E-state index contributed by atoms with van der Waals surface area (Å²) in [4.78, 5) is 2.59. The molecule has 1 rings (SSSR count). The lowest BCUT2D eigenvalue weighted by Gasteiger charge is -2.31. The van der Waals surface area contributed by atoms with Crippen LogP contribution in [0, 0.1) is 11.8 Å². The van der Waals surface area contributed by atoms with Crippen molar-refractivity contribution in [1.29, 1.82) is 0 Å². The van der Waals surface area contributed by atoms with Crippen molar-refractivity contribution in [2.45, 2.75) is 13.8 Å². The van der Waals surface area contributed by atoms with Gasteiger partial charge in [0.2, 0.25) is 0 Å². The number of thioether (sulfide) groups is 1. The van der Waals surface area contributed by atoms with Gasteiger partial charge in [-0.2, -0.15) is 24.4 Å². The van der Waals surface area contributed by atoms with Crippen LogP contribution in [-0.4, -0.2) is 41.8 Å². The SMILES string of the molecule is CC(C)C(CS)CN1CCSCC1. The van der Waals surface area contributed by atoms with Gasteiger partial charge in [0, 0.05) is 31.1 Å². The first-order valence-electron chi connectivity index (χ1n) is 5.15. The van der Waals surface area contributed by atoms with Crippen LogP contribution in [0.25, 0.3) is 0 Å². The molecule has 1 nitrogen and oxygen atoms in total. The second kappa shape index (κ2) is 6.20. The van der Waals surface area contributed by atoms with Gasteiger partial charge >= 0.3 is 0 Å². The third-order valence-electron chi connectivity index (χ3n) is 2.77. The number of hydrogen-bond donors (Lipinski definition) is 1. The Hall–Kier alpha value is 0.660. The predicted octanol–water partition coefficient (Wildman–Crippen LogP) is 2.24. The fourth-order valence-corrected chi connectivity index (χ4v) is 3.11. The summed E-state index contributed by atoms with van der Waals surface area (Å²) in [5, 5.41) is 0. The molecule has 1 aliphatic rings. The first kappa shape index (κ1) is 11.7. The highest BCUT2D eigenvalue weighted by atomic mass is 32.2. The smallest absolute Gasteiger partial charge is 0.00728 e. The molecule has 0 aromatic carbocycles. The van der Waals surface area contributed by atoms with Crippen LogP contribution in [0.5, 0.6) is 0 Å². The van der Waals surface area contributed by atoms with E-state index >= 15 is 0 Å². The van der Waals surface area contributed by atoms with Crippen LogP contribution in [0.3, 0.4) is 0 Å². The third-order valence-corrected chi connectivity index (χ3v) is 4.19. The summed E-state index contributed by atoms with van der Waals surface area (Å²) in [6.45, 7) is 8.42. The zero-order valence-electron chi connectivity index (χ0n) is 8.70. The Morgan fingerprint density at radius 2 is 1.92 bits per heavy atom. The van der Waals surface area contributed by atoms with Gasteiger partial charge in [-0.3, -0.25) is 0 Å². The second-order valence-corrected chi connectivity index (χ2v) is 5.69. The Kier molecular flexibility index (Phi) is 5.60. The van der Waals surface area contributed by atoms with Crippen molar-refractivity contribution in [3.8, 4) is 0 Å². The van der Waals surface area contributed by atoms with Crippen molar-refractivity contribution in [1.82, 2.24) is 4.90 Å². The Bertz CT molecular complexity index is 133. The van der Waals surface area contributed by atoms with Crippen molar-refractivity contribution < 1.29 is 0 Å². The van der Waals surface area contributed by atoms with E-state index in [-0.39, 0.29) is 0 Å². The predicted molar refractivity (Wildman–Crippen MR) is 65.9 cm³/mol. The van der Waals surface area contributed by atoms with Crippen LogP contribution in [0.4, 0.5) is 0 Å². The summed E-state index contributed by atoms with van der Waals surface area (Å²) in [5.41, 5.74) is 0. The van der Waals surface area contributed by atoms with Gasteiger partial charge in [0.05, 0.1) is 0 Å². The Balaban J connectivity index is 2.27. The Morgan fingerprint density at radius 3 is 2.38 bits per heavy atom. The number of hydrogen-bond acceptors (Lipinski definition) is 3. The molecule has 0 saturated carbocycles. The highest BCUT2D eigenvalue weighted by molar-refractivity contribution is 7.99. The molecular weight excluding hydrogens is 198 g/mol. The van der Waals surface area contributed by atoms with E-state index < -0.39 is 0 Å². The molecule has 0 aromatic heterocycles. The summed E-state index contributed by atoms with van der Waals surface area (Å²) >= 11 is 6.50. The molecular formula is C10H21NS2. The van der Waals surface area contributed by atoms with Gasteiger partial charge in [-0.1, -0.05) is 13.8 Å². The maximum absolute atomic E-state index is 4.42. The van der Waals surface area contributed by atoms with Crippen molar-refractivity contribution in [2.24, 2.45) is 11.8 Å². The molecule has 1 aliphatic heterocycles. The number of nitrogens with zero attached hydrogens (tertiary/aromatic N) is 1. The minimum atomic E-state index is 0.770. The van der Waals surface area contributed by atoms with Crippen molar-refractivity contribution in [3.63, 3.8) is 0 Å². The molecule has 3 heteroatoms. The average Bonchev–Trinajstić information content (AvgIpc) is 2.15. The van der Waals surface area contributed by atoms with Crippen LogP contribution in [0.1, 0.15) is 13.8 Å². The highest BCUT2D eigenvalue weighted by Gasteiger charge is 2.17. The lowest BCUT2D eigenvalue weighted by Crippen LogP contribution is -2.38. The first-order valence-corrected chi connectivity index (χ1v) is 6.93. The summed E-state index contributed by atoms with van der Waals surface area (Å²) in [5.74, 6) is 5.20. The molecule has 1 fully saturated rings. The van der Waals surface area contributed by atoms with Gasteiger partial charge in [-0.25, -0.2) is 0 Å². The number of rotatable bonds is 4. The largest absolute Gasteiger partial charge is 0.301 e. The van der Waals surface area contributed by atoms with Gasteiger partial charge in [0.25, 0.3) is 0 Å². The quantitative estimate of drug-likeness (QED) is 0.722. The van der Waals surface area contributed by atoms with Crippen LogP contribution in [-0.2, 0) is 0 Å². The highest BCUT2D eigenvalue weighted by Crippen LogP contribution is 2.17. The molecule has 0 N–H and O–H groups in total. The summed E-state index contributed by atoms with van der Waals surface area (Å²) < 4.78 is 0. The minimum absolute atomic E-state index is 0.770. The van der Waals surface area contributed by atoms with E-state index in [1.807, 2.05) is 0 Å². The van der Waals surface area contributed by atoms with E-state index in [4.69, 9.17) is 0 Å². The molecule has 0 amide bonds. The first-order chi connectivity index (χ1) is 6.24. The van der Waals surface area contributed by atoms with Gasteiger partial charge in [0.15, 0.2) is 0 Å². The normalized spacial score (nSPS) is 22.2. The van der Waals surface area contributed by atoms with Gasteiger partial charge in [-0.15, -0.1) is 0 Å². The average molecular weight is 219 g/mol. The molecule has 78 valence electrons. The third kappa shape index (κ3) is 4.13. The standard InChI is InChI=1S/C10H21NS2/c1-9(2)10(8-12)7-11-3-5-13-6-4-11/h9-10,12H,3-8H2,1-2H3. The molecule has 13 heavy (non-hydrogen) atoms. The zero-order valence-corrected chi connectivity index (χ0v) is 10.4. The monoisotopic (exact) mass is 219 g/mol. The lowest BCUT2D eigenvalue weighted by atomic mass is 9.97. The van der Waals surface area contributed by atoms with E-state index in [0.717, 1.165) is 17.6 Å². The second-order valence-electron chi connectivity index (χ2n) is 4.10. The van der Waals surface area contributed by atoms with E-state index in [9.17, 15) is 0 Å². The topological polar surface area (TPSA) is 3.24 Å². The molecule has 1 unspecified atom stereocenters. The molecule has 0 spiro atoms. The van der Waals surface area contributed by atoms with Gasteiger partial charge in [-0.05, 0) is 17.6 Å². The van der Waals surface area contributed by atoms with Crippen molar-refractivity contribution >= 4 is 24.4 Å². The van der Waals surface area contributed by atoms with Gasteiger partial charge in [0.1, 0.15) is 0 Å². The van der Waals surface area contributed by atoms with Crippen LogP contribution < -0.4 is 0 Å². The van der Waals surface area contributed by atoms with Crippen LogP contribution in [0.15, 0.2) is 0 Å². The number of thiol groups is 1. The maximum Gasteiger partial charge on any atom is 0.00728 e. The summed E-state index contributed by atoms with van der Waals surface area (Å²) in [6, 6.07) is 0. The van der Waals surface area contributed by atoms with E-state index in [1.54, 1.807) is 0 Å². The van der Waals surface area contributed by atoms with Crippen molar-refractivity contribution in [2.75, 3.05) is 36.9 Å². The molecule has 0 bridgehead atoms. The molecule has 1 saturated heterocycles. The fraction of sp³-hybridized carbons (Fsp3) is 1.00. The van der Waals surface area contributed by atoms with E-state index in [2.05, 4.69) is 43.1 Å². The van der Waals surface area contributed by atoms with Crippen LogP contribution in [0.2, 0.25) is 0 Å². The van der Waals surface area contributed by atoms with Gasteiger partial charge < -0.3 is 4.90 Å². The molecule has 0 aromatic rings. The minimum Gasteiger partial charge on any atom is -0.301 e. The Labute approximate surface area is 92.1 Å². The maximum atomic E-state index is 4.42. The van der Waals surface area contributed by atoms with E-state index in [0.29, 0.717) is 0 Å². The zero-order chi connectivity index (χ0) is 9.68. The fourth-order valence-electron chi connectivity index (χ4n) is 1.59. The molecule has 0 radical (unpaired) electrons. The molecule has 1 heterocycles. The lowest BCUT2D eigenvalue weighted by molar-refractivity contribution is 0.232. The molecule has 1 atom stereocenters. The molecule has 0 aliphatic carbocycles. The summed E-state index contributed by atoms with van der Waals surface area (Å²) in [6.07, 6.45) is 0. The van der Waals surface area contributed by atoms with Crippen molar-refractivity contribution in [3.05, 3.63) is 0 Å². The summed E-state index contributed by atoms with van der Waals surface area (Å²) in [7, 11) is 0.